The molecular formula is C6H2F11N. The molecule has 0 N–H and O–H groups in total. The van der Waals surface area contributed by atoms with Crippen LogP contribution in [0.3, 0.4) is 0 Å². The van der Waals surface area contributed by atoms with Crippen molar-refractivity contribution in [3.8, 4) is 0 Å². The Morgan fingerprint density at radius 3 is 1.11 bits per heavy atom. The minimum atomic E-state index is -6.77. The highest BCUT2D eigenvalue weighted by Gasteiger charge is 2.69. The van der Waals surface area contributed by atoms with E-state index in [2.05, 4.69) is 0 Å². The molecule has 0 aromatic rings. The van der Waals surface area contributed by atoms with Gasteiger partial charge in [-0.25, -0.2) is 0 Å². The van der Waals surface area contributed by atoms with E-state index in [0.29, 0.717) is 0 Å². The van der Waals surface area contributed by atoms with Crippen LogP contribution in [-0.4, -0.2) is 29.7 Å². The Labute approximate surface area is 91.5 Å². The quantitative estimate of drug-likeness (QED) is 0.422. The van der Waals surface area contributed by atoms with Gasteiger partial charge < -0.3 is 0 Å². The molecule has 0 heterocycles. The number of rotatable bonds is 2. The van der Waals surface area contributed by atoms with Gasteiger partial charge in [-0.2, -0.15) is 48.3 Å². The van der Waals surface area contributed by atoms with Crippen molar-refractivity contribution in [2.24, 2.45) is 0 Å². The van der Waals surface area contributed by atoms with Gasteiger partial charge in [0, 0.05) is 0 Å². The summed E-state index contributed by atoms with van der Waals surface area (Å²) in [6, 6.07) is -6.41. The Hall–Kier alpha value is -1.07. The Morgan fingerprint density at radius 1 is 0.667 bits per heavy atom. The van der Waals surface area contributed by atoms with E-state index in [4.69, 9.17) is 0 Å². The third-order valence-electron chi connectivity index (χ3n) is 1.49. The topological polar surface area (TPSA) is 3.24 Å². The summed E-state index contributed by atoms with van der Waals surface area (Å²) in [6.07, 6.45) is -19.7. The van der Waals surface area contributed by atoms with Crippen LogP contribution < -0.4 is 0 Å². The summed E-state index contributed by atoms with van der Waals surface area (Å²) in [6.45, 7) is 1.53. The fourth-order valence-electron chi connectivity index (χ4n) is 0.768. The average molecular weight is 297 g/mol. The monoisotopic (exact) mass is 297 g/mol. The van der Waals surface area contributed by atoms with Gasteiger partial charge >= 0.3 is 24.8 Å². The van der Waals surface area contributed by atoms with Crippen molar-refractivity contribution >= 4 is 0 Å². The van der Waals surface area contributed by atoms with E-state index in [0.717, 1.165) is 0 Å². The highest BCUT2D eigenvalue weighted by Crippen LogP contribution is 2.48. The van der Waals surface area contributed by atoms with Crippen molar-refractivity contribution in [3.05, 3.63) is 12.2 Å². The van der Waals surface area contributed by atoms with Crippen LogP contribution in [-0.2, 0) is 0 Å². The molecule has 0 saturated carbocycles. The minimum Gasteiger partial charge on any atom is -0.183 e. The molecule has 0 aliphatic rings. The molecule has 0 rings (SSSR count). The molecular weight excluding hydrogens is 295 g/mol. The Bertz CT molecular complexity index is 304. The van der Waals surface area contributed by atoms with Gasteiger partial charge in [-0.3, -0.25) is 0 Å². The molecule has 0 bridgehead atoms. The van der Waals surface area contributed by atoms with E-state index >= 15 is 0 Å². The van der Waals surface area contributed by atoms with E-state index in [1.54, 1.807) is 0 Å². The molecule has 0 atom stereocenters. The van der Waals surface area contributed by atoms with Crippen molar-refractivity contribution in [1.29, 1.82) is 0 Å². The molecule has 0 aliphatic heterocycles. The maximum Gasteiger partial charge on any atom is 0.472 e. The van der Waals surface area contributed by atoms with E-state index in [1.807, 2.05) is 0 Å². The highest BCUT2D eigenvalue weighted by molar-refractivity contribution is 5.14. The lowest BCUT2D eigenvalue weighted by atomic mass is 10.2. The van der Waals surface area contributed by atoms with Gasteiger partial charge in [-0.15, -0.1) is 0 Å². The molecule has 1 nitrogen and oxygen atoms in total. The number of hydrogen-bond acceptors (Lipinski definition) is 1. The lowest BCUT2D eigenvalue weighted by Gasteiger charge is -2.34. The Morgan fingerprint density at radius 2 is 0.944 bits per heavy atom. The number of alkyl halides is 11. The maximum atomic E-state index is 12.6. The summed E-state index contributed by atoms with van der Waals surface area (Å²) in [5, 5.41) is 0. The first kappa shape index (κ1) is 16.9. The van der Waals surface area contributed by atoms with Crippen LogP contribution in [0.4, 0.5) is 48.3 Å². The van der Waals surface area contributed by atoms with Gasteiger partial charge in [0.05, 0.1) is 0 Å². The summed E-state index contributed by atoms with van der Waals surface area (Å²) in [5.74, 6) is 0. The van der Waals surface area contributed by atoms with Crippen LogP contribution in [0.5, 0.6) is 0 Å². The molecule has 0 fully saturated rings. The smallest absolute Gasteiger partial charge is 0.183 e. The fraction of sp³-hybridized carbons (Fsp3) is 0.667. The predicted molar refractivity (Wildman–Crippen MR) is 34.1 cm³/mol. The minimum absolute atomic E-state index is 1.53. The molecule has 18 heavy (non-hydrogen) atoms. The second kappa shape index (κ2) is 4.24. The number of hydrogen-bond donors (Lipinski definition) is 0. The van der Waals surface area contributed by atoms with Crippen LogP contribution in [0.1, 0.15) is 0 Å². The second-order valence-corrected chi connectivity index (χ2v) is 2.79. The van der Waals surface area contributed by atoms with E-state index in [9.17, 15) is 48.3 Å². The van der Waals surface area contributed by atoms with Gasteiger partial charge in [0.15, 0.2) is 0 Å². The third-order valence-corrected chi connectivity index (χ3v) is 1.49. The summed E-state index contributed by atoms with van der Waals surface area (Å²) in [7, 11) is 0. The zero-order valence-corrected chi connectivity index (χ0v) is 7.81. The summed E-state index contributed by atoms with van der Waals surface area (Å²) < 4.78 is 131. The Balaban J connectivity index is 5.72. The number of halogens is 11. The molecule has 0 aromatic carbocycles. The Kier molecular flexibility index (Phi) is 3.99. The van der Waals surface area contributed by atoms with Crippen LogP contribution in [0.15, 0.2) is 12.2 Å². The van der Waals surface area contributed by atoms with Crippen molar-refractivity contribution in [3.63, 3.8) is 0 Å². The third kappa shape index (κ3) is 3.46. The summed E-state index contributed by atoms with van der Waals surface area (Å²) in [5.41, 5.74) is -3.48. The van der Waals surface area contributed by atoms with Crippen LogP contribution in [0.2, 0.25) is 0 Å². The normalized spacial score (nSPS) is 15.1. The predicted octanol–water partition coefficient (Wildman–Crippen LogP) is 4.04. The SMILES string of the molecule is C=C(C(F)(F)F)C(F)(F)N(C(F)(F)F)C(F)(F)F. The molecule has 0 amide bonds. The molecule has 108 valence electrons. The van der Waals surface area contributed by atoms with Crippen LogP contribution >= 0.6 is 0 Å². The van der Waals surface area contributed by atoms with Gasteiger partial charge in [0.1, 0.15) is 5.57 Å². The van der Waals surface area contributed by atoms with Crippen molar-refractivity contribution in [1.82, 2.24) is 4.90 Å². The zero-order chi connectivity index (χ0) is 15.2. The largest absolute Gasteiger partial charge is 0.472 e. The van der Waals surface area contributed by atoms with Crippen molar-refractivity contribution in [2.75, 3.05) is 0 Å². The molecule has 0 aromatic heterocycles. The maximum absolute atomic E-state index is 12.6. The number of nitrogens with zero attached hydrogens (tertiary/aromatic N) is 1. The average Bonchev–Trinajstić information content (AvgIpc) is 1.93. The fourth-order valence-corrected chi connectivity index (χ4v) is 0.768. The van der Waals surface area contributed by atoms with Gasteiger partial charge in [-0.1, -0.05) is 11.5 Å². The van der Waals surface area contributed by atoms with Gasteiger partial charge in [-0.05, 0) is 0 Å². The molecule has 0 radical (unpaired) electrons. The molecule has 0 spiro atoms. The zero-order valence-electron chi connectivity index (χ0n) is 7.81. The van der Waals surface area contributed by atoms with Gasteiger partial charge in [0.25, 0.3) is 0 Å². The van der Waals surface area contributed by atoms with E-state index in [-0.39, 0.29) is 0 Å². The summed E-state index contributed by atoms with van der Waals surface area (Å²) in [4.78, 5) is -3.47. The lowest BCUT2D eigenvalue weighted by Crippen LogP contribution is -2.59. The molecule has 0 saturated heterocycles. The lowest BCUT2D eigenvalue weighted by molar-refractivity contribution is -0.435. The van der Waals surface area contributed by atoms with Crippen molar-refractivity contribution in [2.45, 2.75) is 24.8 Å². The van der Waals surface area contributed by atoms with Gasteiger partial charge in [0.2, 0.25) is 0 Å². The molecule has 12 heteroatoms. The first-order valence-electron chi connectivity index (χ1n) is 3.60. The first-order chi connectivity index (χ1) is 7.52. The molecule has 0 aliphatic carbocycles. The molecule has 0 unspecified atom stereocenters. The van der Waals surface area contributed by atoms with Crippen molar-refractivity contribution < 1.29 is 48.3 Å². The van der Waals surface area contributed by atoms with E-state index < -0.39 is 35.3 Å². The van der Waals surface area contributed by atoms with E-state index in [1.165, 1.54) is 6.58 Å². The van der Waals surface area contributed by atoms with Crippen LogP contribution in [0.25, 0.3) is 0 Å². The first-order valence-corrected chi connectivity index (χ1v) is 3.60. The standard InChI is InChI=1S/C6H2F11N/c1-2(3(7,8)9)4(10,11)18(5(12,13)14)6(15,16)17/h1H2. The highest BCUT2D eigenvalue weighted by atomic mass is 19.4. The summed E-state index contributed by atoms with van der Waals surface area (Å²) >= 11 is 0. The van der Waals surface area contributed by atoms with Crippen LogP contribution in [0, 0.1) is 0 Å². The second-order valence-electron chi connectivity index (χ2n) is 2.79.